The molecule has 6 nitrogen and oxygen atoms in total. The van der Waals surface area contributed by atoms with Gasteiger partial charge in [-0.15, -0.1) is 0 Å². The highest BCUT2D eigenvalue weighted by Gasteiger charge is 2.21. The number of sulfone groups is 1. The highest BCUT2D eigenvalue weighted by atomic mass is 32.2. The van der Waals surface area contributed by atoms with Crippen molar-refractivity contribution in [2.45, 2.75) is 30.5 Å². The summed E-state index contributed by atoms with van der Waals surface area (Å²) in [5.41, 5.74) is -0.646. The third-order valence-electron chi connectivity index (χ3n) is 2.28. The van der Waals surface area contributed by atoms with Crippen molar-refractivity contribution in [1.29, 1.82) is 0 Å². The van der Waals surface area contributed by atoms with E-state index < -0.39 is 15.4 Å². The van der Waals surface area contributed by atoms with E-state index in [4.69, 9.17) is 0 Å². The van der Waals surface area contributed by atoms with Gasteiger partial charge in [0.25, 0.3) is 5.56 Å². The number of fused-ring (bicyclic) bond motifs is 1. The van der Waals surface area contributed by atoms with E-state index in [1.807, 2.05) is 20.8 Å². The molecule has 0 atom stereocenters. The minimum Gasteiger partial charge on any atom is -0.308 e. The summed E-state index contributed by atoms with van der Waals surface area (Å²) >= 11 is 0.918. The monoisotopic (exact) mass is 287 g/mol. The molecule has 18 heavy (non-hydrogen) atoms. The molecule has 8 heteroatoms. The number of nitrogens with zero attached hydrogens (tertiary/aromatic N) is 2. The quantitative estimate of drug-likeness (QED) is 0.847. The van der Waals surface area contributed by atoms with Crippen molar-refractivity contribution in [3.8, 4) is 0 Å². The van der Waals surface area contributed by atoms with Gasteiger partial charge in [0, 0.05) is 11.7 Å². The molecule has 0 fully saturated rings. The van der Waals surface area contributed by atoms with Crippen molar-refractivity contribution in [1.82, 2.24) is 15.0 Å². The van der Waals surface area contributed by atoms with Crippen LogP contribution in [0, 0.1) is 0 Å². The molecule has 0 aromatic carbocycles. The Bertz CT molecular complexity index is 766. The Morgan fingerprint density at radius 1 is 1.22 bits per heavy atom. The minimum absolute atomic E-state index is 0.0772. The lowest BCUT2D eigenvalue weighted by Gasteiger charge is -2.16. The third kappa shape index (κ3) is 2.30. The predicted molar refractivity (Wildman–Crippen MR) is 69.8 cm³/mol. The van der Waals surface area contributed by atoms with Gasteiger partial charge in [-0.1, -0.05) is 32.1 Å². The average molecular weight is 287 g/mol. The number of aromatic amines is 1. The average Bonchev–Trinajstić information content (AvgIpc) is 2.59. The number of thiazole rings is 1. The predicted octanol–water partition coefficient (Wildman–Crippen LogP) is 1.08. The molecule has 0 saturated carbocycles. The van der Waals surface area contributed by atoms with Crippen LogP contribution in [0.4, 0.5) is 0 Å². The Morgan fingerprint density at radius 3 is 2.33 bits per heavy atom. The van der Waals surface area contributed by atoms with E-state index >= 15 is 0 Å². The first-order valence-corrected chi connectivity index (χ1v) is 7.91. The molecule has 0 bridgehead atoms. The van der Waals surface area contributed by atoms with Gasteiger partial charge in [-0.05, 0) is 0 Å². The fourth-order valence-electron chi connectivity index (χ4n) is 1.33. The van der Waals surface area contributed by atoms with Crippen LogP contribution in [0.15, 0.2) is 9.13 Å². The lowest BCUT2D eigenvalue weighted by atomic mass is 9.96. The van der Waals surface area contributed by atoms with Gasteiger partial charge >= 0.3 is 0 Å². The molecule has 0 radical (unpaired) electrons. The molecule has 0 unspecified atom stereocenters. The summed E-state index contributed by atoms with van der Waals surface area (Å²) in [6.07, 6.45) is 1.06. The fraction of sp³-hybridized carbons (Fsp3) is 0.500. The molecule has 0 aliphatic heterocycles. The first-order chi connectivity index (χ1) is 8.09. The molecular formula is C10H13N3O3S2. The Labute approximate surface area is 108 Å². The summed E-state index contributed by atoms with van der Waals surface area (Å²) in [7, 11) is -3.42. The van der Waals surface area contributed by atoms with Gasteiger partial charge in [0.15, 0.2) is 10.3 Å². The van der Waals surface area contributed by atoms with Crippen LogP contribution in [-0.2, 0) is 15.3 Å². The van der Waals surface area contributed by atoms with Crippen LogP contribution in [0.25, 0.3) is 10.3 Å². The number of hydrogen-bond donors (Lipinski definition) is 1. The number of nitrogens with one attached hydrogen (secondary N) is 1. The van der Waals surface area contributed by atoms with E-state index in [1.54, 1.807) is 0 Å². The maximum Gasteiger partial charge on any atom is 0.278 e. The molecule has 0 amide bonds. The summed E-state index contributed by atoms with van der Waals surface area (Å²) in [5.74, 6) is 0.517. The lowest BCUT2D eigenvalue weighted by molar-refractivity contribution is 0.546. The molecule has 0 spiro atoms. The largest absolute Gasteiger partial charge is 0.308 e. The summed E-state index contributed by atoms with van der Waals surface area (Å²) in [6, 6.07) is 0. The van der Waals surface area contributed by atoms with E-state index in [2.05, 4.69) is 15.0 Å². The second kappa shape index (κ2) is 3.86. The zero-order valence-corrected chi connectivity index (χ0v) is 12.1. The molecule has 1 N–H and O–H groups in total. The van der Waals surface area contributed by atoms with E-state index in [-0.39, 0.29) is 15.3 Å². The molecule has 2 heterocycles. The highest BCUT2D eigenvalue weighted by Crippen LogP contribution is 2.24. The van der Waals surface area contributed by atoms with Crippen molar-refractivity contribution >= 4 is 31.5 Å². The van der Waals surface area contributed by atoms with Crippen LogP contribution in [0.5, 0.6) is 0 Å². The number of aromatic nitrogens is 3. The first kappa shape index (κ1) is 13.2. The third-order valence-corrected chi connectivity index (χ3v) is 4.91. The number of H-pyrrole nitrogens is 1. The molecule has 0 aliphatic rings. The van der Waals surface area contributed by atoms with Crippen LogP contribution in [0.2, 0.25) is 0 Å². The Hall–Kier alpha value is -1.28. The van der Waals surface area contributed by atoms with Crippen molar-refractivity contribution in [2.24, 2.45) is 0 Å². The second-order valence-electron chi connectivity index (χ2n) is 5.07. The van der Waals surface area contributed by atoms with Crippen LogP contribution < -0.4 is 5.56 Å². The Balaban J connectivity index is 2.79. The van der Waals surface area contributed by atoms with Gasteiger partial charge in [-0.3, -0.25) is 4.79 Å². The first-order valence-electron chi connectivity index (χ1n) is 5.20. The van der Waals surface area contributed by atoms with Crippen molar-refractivity contribution < 1.29 is 8.42 Å². The SMILES string of the molecule is CC(C)(C)c1nc2sc(S(C)(=O)=O)nc2c(=O)[nH]1. The van der Waals surface area contributed by atoms with Gasteiger partial charge in [-0.2, -0.15) is 0 Å². The van der Waals surface area contributed by atoms with Crippen LogP contribution in [-0.4, -0.2) is 29.6 Å². The summed E-state index contributed by atoms with van der Waals surface area (Å²) < 4.78 is 22.7. The summed E-state index contributed by atoms with van der Waals surface area (Å²) in [4.78, 5) is 22.9. The van der Waals surface area contributed by atoms with Crippen LogP contribution in [0.3, 0.4) is 0 Å². The van der Waals surface area contributed by atoms with Crippen LogP contribution >= 0.6 is 11.3 Å². The Kier molecular flexibility index (Phi) is 2.82. The van der Waals surface area contributed by atoms with Gasteiger partial charge in [-0.25, -0.2) is 18.4 Å². The maximum absolute atomic E-state index is 11.8. The highest BCUT2D eigenvalue weighted by molar-refractivity contribution is 7.92. The molecule has 0 aliphatic carbocycles. The van der Waals surface area contributed by atoms with Crippen molar-refractivity contribution in [3.05, 3.63) is 16.2 Å². The molecule has 2 aromatic heterocycles. The summed E-state index contributed by atoms with van der Waals surface area (Å²) in [5, 5.41) is 0. The molecule has 2 aromatic rings. The van der Waals surface area contributed by atoms with E-state index in [1.165, 1.54) is 0 Å². The fourth-order valence-corrected chi connectivity index (χ4v) is 3.10. The van der Waals surface area contributed by atoms with Crippen LogP contribution in [0.1, 0.15) is 26.6 Å². The molecule has 2 rings (SSSR count). The van der Waals surface area contributed by atoms with Gasteiger partial charge in [0.05, 0.1) is 0 Å². The molecule has 98 valence electrons. The topological polar surface area (TPSA) is 92.8 Å². The van der Waals surface area contributed by atoms with E-state index in [0.29, 0.717) is 10.7 Å². The van der Waals surface area contributed by atoms with Crippen molar-refractivity contribution in [3.63, 3.8) is 0 Å². The molecular weight excluding hydrogens is 274 g/mol. The lowest BCUT2D eigenvalue weighted by Crippen LogP contribution is -2.21. The van der Waals surface area contributed by atoms with Gasteiger partial charge < -0.3 is 4.98 Å². The van der Waals surface area contributed by atoms with Crippen molar-refractivity contribution in [2.75, 3.05) is 6.26 Å². The van der Waals surface area contributed by atoms with E-state index in [0.717, 1.165) is 17.6 Å². The number of hydrogen-bond acceptors (Lipinski definition) is 6. The van der Waals surface area contributed by atoms with E-state index in [9.17, 15) is 13.2 Å². The Morgan fingerprint density at radius 2 is 1.83 bits per heavy atom. The van der Waals surface area contributed by atoms with Gasteiger partial charge in [0.1, 0.15) is 5.82 Å². The number of rotatable bonds is 1. The maximum atomic E-state index is 11.8. The van der Waals surface area contributed by atoms with Gasteiger partial charge in [0.2, 0.25) is 14.2 Å². The second-order valence-corrected chi connectivity index (χ2v) is 8.24. The minimum atomic E-state index is -3.42. The normalized spacial score (nSPS) is 13.1. The molecule has 0 saturated heterocycles. The zero-order chi connectivity index (χ0) is 13.7. The summed E-state index contributed by atoms with van der Waals surface area (Å²) in [6.45, 7) is 5.74. The zero-order valence-electron chi connectivity index (χ0n) is 10.4. The smallest absolute Gasteiger partial charge is 0.278 e. The standard InChI is InChI=1S/C10H13N3O3S2/c1-10(2,3)8-12-6(14)5-7(13-8)17-9(11-5)18(4,15)16/h1-4H3,(H,12,13,14).